The first kappa shape index (κ1) is 17.8. The van der Waals surface area contributed by atoms with E-state index < -0.39 is 29.5 Å². The Morgan fingerprint density at radius 3 is 2.75 bits per heavy atom. The van der Waals surface area contributed by atoms with Crippen LogP contribution >= 0.6 is 0 Å². The van der Waals surface area contributed by atoms with Gasteiger partial charge in [-0.1, -0.05) is 6.07 Å². The molecule has 1 aromatic carbocycles. The van der Waals surface area contributed by atoms with Crippen LogP contribution in [0.25, 0.3) is 0 Å². The predicted molar refractivity (Wildman–Crippen MR) is 80.4 cm³/mol. The van der Waals surface area contributed by atoms with Gasteiger partial charge in [-0.2, -0.15) is 0 Å². The summed E-state index contributed by atoms with van der Waals surface area (Å²) in [6.07, 6.45) is -0.164. The minimum Gasteiger partial charge on any atom is -0.368 e. The SMILES string of the molecule is NC(=O)CNC(=O)C[C@@H]1C(=O)NCCN1Cc1ccc(F)c(F)c1. The number of carbonyl (C=O) groups excluding carboxylic acids is 3. The molecule has 1 fully saturated rings. The van der Waals surface area contributed by atoms with Crippen LogP contribution in [-0.4, -0.2) is 48.3 Å². The van der Waals surface area contributed by atoms with Crippen molar-refractivity contribution in [3.63, 3.8) is 0 Å². The number of piperazine rings is 1. The molecule has 0 radical (unpaired) electrons. The lowest BCUT2D eigenvalue weighted by Crippen LogP contribution is -2.56. The summed E-state index contributed by atoms with van der Waals surface area (Å²) in [5.41, 5.74) is 5.44. The first-order chi connectivity index (χ1) is 11.4. The van der Waals surface area contributed by atoms with Crippen molar-refractivity contribution >= 4 is 17.7 Å². The van der Waals surface area contributed by atoms with Crippen molar-refractivity contribution in [2.45, 2.75) is 19.0 Å². The largest absolute Gasteiger partial charge is 0.368 e. The molecule has 130 valence electrons. The summed E-state index contributed by atoms with van der Waals surface area (Å²) >= 11 is 0. The number of nitrogens with zero attached hydrogens (tertiary/aromatic N) is 1. The minimum atomic E-state index is -0.968. The zero-order valence-corrected chi connectivity index (χ0v) is 12.9. The summed E-state index contributed by atoms with van der Waals surface area (Å²) in [5.74, 6) is -3.43. The molecule has 0 bridgehead atoms. The van der Waals surface area contributed by atoms with Gasteiger partial charge in [-0.25, -0.2) is 8.78 Å². The lowest BCUT2D eigenvalue weighted by molar-refractivity contribution is -0.134. The maximum Gasteiger partial charge on any atom is 0.237 e. The number of nitrogens with two attached hydrogens (primary N) is 1. The highest BCUT2D eigenvalue weighted by molar-refractivity contribution is 5.90. The van der Waals surface area contributed by atoms with Gasteiger partial charge in [0.2, 0.25) is 17.7 Å². The van der Waals surface area contributed by atoms with Crippen LogP contribution in [0.3, 0.4) is 0 Å². The first-order valence-electron chi connectivity index (χ1n) is 7.37. The Morgan fingerprint density at radius 2 is 2.08 bits per heavy atom. The van der Waals surface area contributed by atoms with E-state index in [4.69, 9.17) is 5.73 Å². The van der Waals surface area contributed by atoms with E-state index >= 15 is 0 Å². The van der Waals surface area contributed by atoms with Crippen LogP contribution in [-0.2, 0) is 20.9 Å². The summed E-state index contributed by atoms with van der Waals surface area (Å²) in [6.45, 7) is 0.731. The molecule has 7 nitrogen and oxygen atoms in total. The quantitative estimate of drug-likeness (QED) is 0.634. The second-order valence-corrected chi connectivity index (χ2v) is 5.47. The van der Waals surface area contributed by atoms with Gasteiger partial charge in [-0.05, 0) is 17.7 Å². The molecule has 3 amide bonds. The maximum absolute atomic E-state index is 13.3. The van der Waals surface area contributed by atoms with E-state index in [1.54, 1.807) is 4.90 Å². The third kappa shape index (κ3) is 4.72. The Bertz CT molecular complexity index is 654. The highest BCUT2D eigenvalue weighted by atomic mass is 19.2. The van der Waals surface area contributed by atoms with E-state index in [2.05, 4.69) is 10.6 Å². The van der Waals surface area contributed by atoms with Crippen LogP contribution < -0.4 is 16.4 Å². The highest BCUT2D eigenvalue weighted by Crippen LogP contribution is 2.16. The van der Waals surface area contributed by atoms with Gasteiger partial charge in [-0.3, -0.25) is 19.3 Å². The molecule has 9 heteroatoms. The van der Waals surface area contributed by atoms with E-state index in [9.17, 15) is 23.2 Å². The summed E-state index contributed by atoms with van der Waals surface area (Å²) in [7, 11) is 0. The molecule has 1 heterocycles. The number of rotatable bonds is 6. The maximum atomic E-state index is 13.3. The number of nitrogens with one attached hydrogen (secondary N) is 2. The van der Waals surface area contributed by atoms with Gasteiger partial charge in [0.05, 0.1) is 19.0 Å². The fraction of sp³-hybridized carbons (Fsp3) is 0.400. The first-order valence-corrected chi connectivity index (χ1v) is 7.37. The van der Waals surface area contributed by atoms with Crippen LogP contribution in [0.1, 0.15) is 12.0 Å². The molecular weight excluding hydrogens is 322 g/mol. The summed E-state index contributed by atoms with van der Waals surface area (Å²) in [5, 5.41) is 4.97. The average molecular weight is 340 g/mol. The monoisotopic (exact) mass is 340 g/mol. The van der Waals surface area contributed by atoms with E-state index in [0.29, 0.717) is 18.7 Å². The number of carbonyl (C=O) groups is 3. The standard InChI is InChI=1S/C15H18F2N4O3/c16-10-2-1-9(5-11(10)17)8-21-4-3-19-15(24)12(21)6-14(23)20-7-13(18)22/h1-2,5,12H,3-4,6-8H2,(H2,18,22)(H,19,24)(H,20,23)/t12-/m1/s1. The molecule has 4 N–H and O–H groups in total. The molecule has 1 saturated heterocycles. The molecule has 2 rings (SSSR count). The molecule has 0 aromatic heterocycles. The molecule has 0 saturated carbocycles. The molecule has 0 spiro atoms. The van der Waals surface area contributed by atoms with Crippen molar-refractivity contribution in [3.8, 4) is 0 Å². The second-order valence-electron chi connectivity index (χ2n) is 5.47. The second kappa shape index (κ2) is 7.82. The highest BCUT2D eigenvalue weighted by Gasteiger charge is 2.31. The normalized spacial score (nSPS) is 18.1. The smallest absolute Gasteiger partial charge is 0.237 e. The lowest BCUT2D eigenvalue weighted by atomic mass is 10.1. The van der Waals surface area contributed by atoms with Gasteiger partial charge in [-0.15, -0.1) is 0 Å². The fourth-order valence-electron chi connectivity index (χ4n) is 2.48. The van der Waals surface area contributed by atoms with Crippen molar-refractivity contribution in [3.05, 3.63) is 35.4 Å². The van der Waals surface area contributed by atoms with E-state index in [0.717, 1.165) is 12.1 Å². The van der Waals surface area contributed by atoms with Gasteiger partial charge in [0, 0.05) is 19.6 Å². The fourth-order valence-corrected chi connectivity index (χ4v) is 2.48. The van der Waals surface area contributed by atoms with Gasteiger partial charge in [0.25, 0.3) is 0 Å². The Morgan fingerprint density at radius 1 is 1.33 bits per heavy atom. The number of amides is 3. The van der Waals surface area contributed by atoms with Crippen LogP contribution in [0.2, 0.25) is 0 Å². The van der Waals surface area contributed by atoms with Crippen molar-refractivity contribution < 1.29 is 23.2 Å². The van der Waals surface area contributed by atoms with Gasteiger partial charge in [0.1, 0.15) is 0 Å². The van der Waals surface area contributed by atoms with Gasteiger partial charge >= 0.3 is 0 Å². The number of halogens is 2. The van der Waals surface area contributed by atoms with Gasteiger partial charge < -0.3 is 16.4 Å². The minimum absolute atomic E-state index is 0.164. The molecule has 1 atom stereocenters. The van der Waals surface area contributed by atoms with Crippen molar-refractivity contribution in [1.29, 1.82) is 0 Å². The Labute approximate surface area is 137 Å². The van der Waals surface area contributed by atoms with E-state index in [1.165, 1.54) is 6.07 Å². The van der Waals surface area contributed by atoms with E-state index in [1.807, 2.05) is 0 Å². The summed E-state index contributed by atoms with van der Waals surface area (Å²) in [6, 6.07) is 2.74. The third-order valence-electron chi connectivity index (χ3n) is 3.65. The summed E-state index contributed by atoms with van der Waals surface area (Å²) < 4.78 is 26.3. The molecule has 1 aliphatic heterocycles. The molecule has 0 aliphatic carbocycles. The zero-order chi connectivity index (χ0) is 17.7. The predicted octanol–water partition coefficient (Wildman–Crippen LogP) is -0.743. The zero-order valence-electron chi connectivity index (χ0n) is 12.9. The third-order valence-corrected chi connectivity index (χ3v) is 3.65. The number of hydrogen-bond acceptors (Lipinski definition) is 4. The average Bonchev–Trinajstić information content (AvgIpc) is 2.52. The number of benzene rings is 1. The van der Waals surface area contributed by atoms with Crippen LogP contribution in [0.4, 0.5) is 8.78 Å². The van der Waals surface area contributed by atoms with Gasteiger partial charge in [0.15, 0.2) is 11.6 Å². The Hall–Kier alpha value is -2.55. The lowest BCUT2D eigenvalue weighted by Gasteiger charge is -2.34. The summed E-state index contributed by atoms with van der Waals surface area (Å²) in [4.78, 5) is 36.2. The molecule has 0 unspecified atom stereocenters. The Balaban J connectivity index is 2.04. The Kier molecular flexibility index (Phi) is 5.80. The van der Waals surface area contributed by atoms with Crippen LogP contribution in [0.5, 0.6) is 0 Å². The van der Waals surface area contributed by atoms with E-state index in [-0.39, 0.29) is 25.4 Å². The van der Waals surface area contributed by atoms with Crippen LogP contribution in [0.15, 0.2) is 18.2 Å². The topological polar surface area (TPSA) is 105 Å². The molecule has 1 aliphatic rings. The van der Waals surface area contributed by atoms with Crippen molar-refractivity contribution in [1.82, 2.24) is 15.5 Å². The number of primary amides is 1. The van der Waals surface area contributed by atoms with Crippen molar-refractivity contribution in [2.24, 2.45) is 5.73 Å². The molecule has 1 aromatic rings. The van der Waals surface area contributed by atoms with Crippen LogP contribution in [0, 0.1) is 11.6 Å². The number of hydrogen-bond donors (Lipinski definition) is 3. The van der Waals surface area contributed by atoms with Crippen molar-refractivity contribution in [2.75, 3.05) is 19.6 Å². The molecular formula is C15H18F2N4O3. The molecule has 24 heavy (non-hydrogen) atoms.